The van der Waals surface area contributed by atoms with Crippen molar-refractivity contribution in [2.45, 2.75) is 57.9 Å². The van der Waals surface area contributed by atoms with Crippen molar-refractivity contribution in [1.29, 1.82) is 0 Å². The van der Waals surface area contributed by atoms with Gasteiger partial charge >= 0.3 is 0 Å². The van der Waals surface area contributed by atoms with E-state index >= 15 is 0 Å². The van der Waals surface area contributed by atoms with Crippen molar-refractivity contribution in [1.82, 2.24) is 5.32 Å². The third-order valence-electron chi connectivity index (χ3n) is 3.77. The molecule has 16 heavy (non-hydrogen) atoms. The first kappa shape index (κ1) is 11.6. The van der Waals surface area contributed by atoms with Crippen LogP contribution in [0.5, 0.6) is 0 Å². The van der Waals surface area contributed by atoms with Gasteiger partial charge in [0, 0.05) is 12.8 Å². The molecule has 0 heterocycles. The highest BCUT2D eigenvalue weighted by Crippen LogP contribution is 2.35. The molecule has 2 saturated carbocycles. The Morgan fingerprint density at radius 1 is 1.06 bits per heavy atom. The summed E-state index contributed by atoms with van der Waals surface area (Å²) in [6.45, 7) is 1.51. The van der Waals surface area contributed by atoms with Gasteiger partial charge in [0.25, 0.3) is 0 Å². The molecule has 2 rings (SSSR count). The van der Waals surface area contributed by atoms with Crippen molar-refractivity contribution in [2.24, 2.45) is 11.8 Å². The minimum absolute atomic E-state index is 0.0652. The van der Waals surface area contributed by atoms with E-state index in [0.717, 1.165) is 25.7 Å². The molecule has 2 fully saturated rings. The van der Waals surface area contributed by atoms with Gasteiger partial charge in [-0.05, 0) is 31.6 Å². The summed E-state index contributed by atoms with van der Waals surface area (Å²) in [5.41, 5.74) is 0. The fourth-order valence-corrected chi connectivity index (χ4v) is 2.73. The normalized spacial score (nSPS) is 23.8. The van der Waals surface area contributed by atoms with Crippen LogP contribution in [-0.2, 0) is 9.59 Å². The Labute approximate surface area is 97.0 Å². The molecule has 0 bridgehead atoms. The number of carbonyl (C=O) groups is 2. The van der Waals surface area contributed by atoms with Gasteiger partial charge in [-0.3, -0.25) is 9.59 Å². The SMILES string of the molecule is CC(=O)NC(C(=O)C1CC1)C1CCCCC1. The van der Waals surface area contributed by atoms with Crippen LogP contribution in [0.25, 0.3) is 0 Å². The zero-order chi connectivity index (χ0) is 11.5. The predicted octanol–water partition coefficient (Wildman–Crippen LogP) is 2.05. The Bertz CT molecular complexity index is 278. The first-order valence-electron chi connectivity index (χ1n) is 6.49. The lowest BCUT2D eigenvalue weighted by Gasteiger charge is -2.29. The first-order chi connectivity index (χ1) is 7.68. The number of hydrogen-bond acceptors (Lipinski definition) is 2. The average Bonchev–Trinajstić information content (AvgIpc) is 3.10. The summed E-state index contributed by atoms with van der Waals surface area (Å²) in [6.07, 6.45) is 7.95. The Hall–Kier alpha value is -0.860. The fourth-order valence-electron chi connectivity index (χ4n) is 2.73. The highest BCUT2D eigenvalue weighted by molar-refractivity contribution is 5.91. The number of Topliss-reactive ketones (excluding diaryl/α,β-unsaturated/α-hetero) is 1. The van der Waals surface area contributed by atoms with Crippen LogP contribution < -0.4 is 5.32 Å². The molecule has 3 heteroatoms. The van der Waals surface area contributed by atoms with Gasteiger partial charge in [-0.1, -0.05) is 19.3 Å². The molecule has 2 aliphatic rings. The molecule has 1 N–H and O–H groups in total. The van der Waals surface area contributed by atoms with Crippen molar-refractivity contribution in [3.63, 3.8) is 0 Å². The van der Waals surface area contributed by atoms with E-state index in [1.54, 1.807) is 0 Å². The first-order valence-corrected chi connectivity index (χ1v) is 6.49. The van der Waals surface area contributed by atoms with Gasteiger partial charge in [0.2, 0.25) is 5.91 Å². The monoisotopic (exact) mass is 223 g/mol. The molecule has 0 aliphatic heterocycles. The van der Waals surface area contributed by atoms with Gasteiger partial charge in [-0.2, -0.15) is 0 Å². The van der Waals surface area contributed by atoms with Crippen LogP contribution in [-0.4, -0.2) is 17.7 Å². The van der Waals surface area contributed by atoms with E-state index in [0.29, 0.717) is 11.7 Å². The van der Waals surface area contributed by atoms with Crippen LogP contribution in [0.1, 0.15) is 51.9 Å². The van der Waals surface area contributed by atoms with Crippen LogP contribution in [0.15, 0.2) is 0 Å². The molecule has 1 amide bonds. The Balaban J connectivity index is 1.99. The Morgan fingerprint density at radius 3 is 2.19 bits per heavy atom. The van der Waals surface area contributed by atoms with E-state index in [2.05, 4.69) is 5.32 Å². The van der Waals surface area contributed by atoms with Crippen LogP contribution in [0.3, 0.4) is 0 Å². The summed E-state index contributed by atoms with van der Waals surface area (Å²) in [5.74, 6) is 0.871. The maximum absolute atomic E-state index is 12.1. The second kappa shape index (κ2) is 4.98. The number of nitrogens with one attached hydrogen (secondary N) is 1. The molecule has 0 spiro atoms. The van der Waals surface area contributed by atoms with Gasteiger partial charge in [0.05, 0.1) is 6.04 Å². The second-order valence-electron chi connectivity index (χ2n) is 5.25. The van der Waals surface area contributed by atoms with E-state index in [-0.39, 0.29) is 17.9 Å². The van der Waals surface area contributed by atoms with Crippen molar-refractivity contribution >= 4 is 11.7 Å². The molecule has 1 unspecified atom stereocenters. The van der Waals surface area contributed by atoms with Gasteiger partial charge in [0.1, 0.15) is 0 Å². The Kier molecular flexibility index (Phi) is 3.62. The molecule has 3 nitrogen and oxygen atoms in total. The van der Waals surface area contributed by atoms with E-state index < -0.39 is 0 Å². The topological polar surface area (TPSA) is 46.2 Å². The number of amides is 1. The standard InChI is InChI=1S/C13H21NO2/c1-9(15)14-12(13(16)11-7-8-11)10-5-3-2-4-6-10/h10-12H,2-8H2,1H3,(H,14,15). The third kappa shape index (κ3) is 2.83. The highest BCUT2D eigenvalue weighted by Gasteiger charge is 2.38. The number of rotatable bonds is 4. The molecule has 0 saturated heterocycles. The van der Waals surface area contributed by atoms with Gasteiger partial charge in [-0.15, -0.1) is 0 Å². The quantitative estimate of drug-likeness (QED) is 0.793. The van der Waals surface area contributed by atoms with Gasteiger partial charge < -0.3 is 5.32 Å². The zero-order valence-corrected chi connectivity index (χ0v) is 10.00. The average molecular weight is 223 g/mol. The molecule has 0 aromatic carbocycles. The van der Waals surface area contributed by atoms with E-state index in [9.17, 15) is 9.59 Å². The largest absolute Gasteiger partial charge is 0.346 e. The van der Waals surface area contributed by atoms with E-state index in [4.69, 9.17) is 0 Å². The summed E-state index contributed by atoms with van der Waals surface area (Å²) in [7, 11) is 0. The van der Waals surface area contributed by atoms with Gasteiger partial charge in [0.15, 0.2) is 5.78 Å². The summed E-state index contributed by atoms with van der Waals surface area (Å²) in [6, 6.07) is -0.190. The summed E-state index contributed by atoms with van der Waals surface area (Å²) in [5, 5.41) is 2.88. The number of carbonyl (C=O) groups excluding carboxylic acids is 2. The van der Waals surface area contributed by atoms with Crippen LogP contribution in [0, 0.1) is 11.8 Å². The molecule has 0 aromatic rings. The maximum atomic E-state index is 12.1. The lowest BCUT2D eigenvalue weighted by Crippen LogP contribution is -2.46. The van der Waals surface area contributed by atoms with Crippen LogP contribution in [0.2, 0.25) is 0 Å². The minimum atomic E-state index is -0.190. The lowest BCUT2D eigenvalue weighted by atomic mass is 9.81. The maximum Gasteiger partial charge on any atom is 0.217 e. The number of hydrogen-bond donors (Lipinski definition) is 1. The predicted molar refractivity (Wildman–Crippen MR) is 61.9 cm³/mol. The molecular weight excluding hydrogens is 202 g/mol. The number of ketones is 1. The molecular formula is C13H21NO2. The zero-order valence-electron chi connectivity index (χ0n) is 10.00. The smallest absolute Gasteiger partial charge is 0.217 e. The molecule has 1 atom stereocenters. The molecule has 2 aliphatic carbocycles. The third-order valence-corrected chi connectivity index (χ3v) is 3.77. The van der Waals surface area contributed by atoms with E-state index in [1.807, 2.05) is 0 Å². The van der Waals surface area contributed by atoms with Gasteiger partial charge in [-0.25, -0.2) is 0 Å². The van der Waals surface area contributed by atoms with E-state index in [1.165, 1.54) is 26.2 Å². The highest BCUT2D eigenvalue weighted by atomic mass is 16.2. The van der Waals surface area contributed by atoms with Crippen LogP contribution in [0.4, 0.5) is 0 Å². The molecule has 0 aromatic heterocycles. The molecule has 90 valence electrons. The lowest BCUT2D eigenvalue weighted by molar-refractivity contribution is -0.129. The van der Waals surface area contributed by atoms with Crippen molar-refractivity contribution < 1.29 is 9.59 Å². The summed E-state index contributed by atoms with van der Waals surface area (Å²) >= 11 is 0. The van der Waals surface area contributed by atoms with Crippen molar-refractivity contribution in [3.8, 4) is 0 Å². The Morgan fingerprint density at radius 2 is 1.69 bits per heavy atom. The minimum Gasteiger partial charge on any atom is -0.346 e. The molecule has 0 radical (unpaired) electrons. The second-order valence-corrected chi connectivity index (χ2v) is 5.25. The summed E-state index contributed by atoms with van der Waals surface area (Å²) < 4.78 is 0. The van der Waals surface area contributed by atoms with Crippen LogP contribution >= 0.6 is 0 Å². The van der Waals surface area contributed by atoms with Crippen molar-refractivity contribution in [2.75, 3.05) is 0 Å². The van der Waals surface area contributed by atoms with Crippen molar-refractivity contribution in [3.05, 3.63) is 0 Å². The fraction of sp³-hybridized carbons (Fsp3) is 0.846. The summed E-state index contributed by atoms with van der Waals surface area (Å²) in [4.78, 5) is 23.3.